The van der Waals surface area contributed by atoms with Gasteiger partial charge in [-0.1, -0.05) is 97.1 Å². The van der Waals surface area contributed by atoms with E-state index in [1.807, 2.05) is 111 Å². The first-order valence-electron chi connectivity index (χ1n) is 10.3. The second-order valence-electron chi connectivity index (χ2n) is 8.18. The van der Waals surface area contributed by atoms with Crippen molar-refractivity contribution in [1.29, 1.82) is 0 Å². The van der Waals surface area contributed by atoms with Gasteiger partial charge in [0.25, 0.3) is 0 Å². The van der Waals surface area contributed by atoms with Gasteiger partial charge in [-0.3, -0.25) is 0 Å². The Morgan fingerprint density at radius 3 is 1.17 bits per heavy atom. The second kappa shape index (κ2) is 6.66. The topological polar surface area (TPSA) is 40.5 Å². The molecule has 0 radical (unpaired) electrons. The normalized spacial score (nSPS) is 22.3. The predicted octanol–water partition coefficient (Wildman–Crippen LogP) is 5.19. The number of hydrogen-bond donors (Lipinski definition) is 2. The minimum atomic E-state index is -1.35. The van der Waals surface area contributed by atoms with Crippen LogP contribution < -0.4 is 0 Å². The van der Waals surface area contributed by atoms with Crippen molar-refractivity contribution in [3.63, 3.8) is 0 Å². The molecule has 4 aromatic rings. The molecule has 30 heavy (non-hydrogen) atoms. The number of hydrogen-bond acceptors (Lipinski definition) is 2. The van der Waals surface area contributed by atoms with Crippen molar-refractivity contribution in [3.8, 4) is 0 Å². The van der Waals surface area contributed by atoms with E-state index in [0.717, 1.165) is 33.4 Å². The van der Waals surface area contributed by atoms with Gasteiger partial charge in [0.2, 0.25) is 0 Å². The summed E-state index contributed by atoms with van der Waals surface area (Å²) < 4.78 is 0. The average Bonchev–Trinajstić information content (AvgIpc) is 2.80. The molecule has 0 aliphatic heterocycles. The third-order valence-corrected chi connectivity index (χ3v) is 6.50. The molecule has 1 aliphatic rings. The fraction of sp³-hybridized carbons (Fsp3) is 0.143. The van der Waals surface area contributed by atoms with Gasteiger partial charge < -0.3 is 10.2 Å². The lowest BCUT2D eigenvalue weighted by Crippen LogP contribution is -2.44. The highest BCUT2D eigenvalue weighted by molar-refractivity contribution is 5.66. The summed E-state index contributed by atoms with van der Waals surface area (Å²) in [6, 6.07) is 31.2. The maximum absolute atomic E-state index is 12.3. The molecule has 2 atom stereocenters. The molecule has 0 aromatic heterocycles. The number of aryl methyl sites for hydroxylation is 2. The van der Waals surface area contributed by atoms with Crippen molar-refractivity contribution >= 4 is 0 Å². The third kappa shape index (κ3) is 2.44. The van der Waals surface area contributed by atoms with Gasteiger partial charge in [-0.25, -0.2) is 0 Å². The van der Waals surface area contributed by atoms with Crippen LogP contribution in [0.4, 0.5) is 0 Å². The molecule has 0 heterocycles. The number of aliphatic hydroxyl groups is 2. The third-order valence-electron chi connectivity index (χ3n) is 6.50. The maximum Gasteiger partial charge on any atom is 0.141 e. The lowest BCUT2D eigenvalue weighted by atomic mass is 9.63. The second-order valence-corrected chi connectivity index (χ2v) is 8.18. The lowest BCUT2D eigenvalue weighted by molar-refractivity contribution is 0.0746. The molecule has 0 fully saturated rings. The summed E-state index contributed by atoms with van der Waals surface area (Å²) in [5, 5.41) is 24.7. The maximum atomic E-state index is 12.3. The molecule has 0 bridgehead atoms. The molecular weight excluding hydrogens is 368 g/mol. The Hall–Kier alpha value is -3.20. The molecule has 0 unspecified atom stereocenters. The highest BCUT2D eigenvalue weighted by Gasteiger charge is 2.50. The highest BCUT2D eigenvalue weighted by Crippen LogP contribution is 2.53. The molecule has 2 heteroatoms. The summed E-state index contributed by atoms with van der Waals surface area (Å²) in [6.07, 6.45) is 0. The van der Waals surface area contributed by atoms with E-state index < -0.39 is 11.2 Å². The Morgan fingerprint density at radius 1 is 0.467 bits per heavy atom. The van der Waals surface area contributed by atoms with Crippen LogP contribution in [0.3, 0.4) is 0 Å². The van der Waals surface area contributed by atoms with Gasteiger partial charge in [0, 0.05) is 0 Å². The number of rotatable bonds is 2. The minimum Gasteiger partial charge on any atom is -0.376 e. The quantitative estimate of drug-likeness (QED) is 0.493. The molecule has 0 amide bonds. The first-order valence-corrected chi connectivity index (χ1v) is 10.3. The molecule has 2 N–H and O–H groups in total. The number of fused-ring (bicyclic) bond motifs is 2. The van der Waals surface area contributed by atoms with Crippen molar-refractivity contribution < 1.29 is 10.2 Å². The Balaban J connectivity index is 1.95. The molecule has 5 rings (SSSR count). The van der Waals surface area contributed by atoms with Gasteiger partial charge >= 0.3 is 0 Å². The van der Waals surface area contributed by atoms with Crippen LogP contribution in [-0.2, 0) is 11.2 Å². The summed E-state index contributed by atoms with van der Waals surface area (Å²) >= 11 is 0. The van der Waals surface area contributed by atoms with Gasteiger partial charge in [0.15, 0.2) is 0 Å². The van der Waals surface area contributed by atoms with Crippen LogP contribution in [0.2, 0.25) is 0 Å². The summed E-state index contributed by atoms with van der Waals surface area (Å²) in [5.41, 5.74) is 3.89. The van der Waals surface area contributed by atoms with E-state index in [0.29, 0.717) is 11.1 Å². The first-order chi connectivity index (χ1) is 14.5. The summed E-state index contributed by atoms with van der Waals surface area (Å²) in [5.74, 6) is 0. The van der Waals surface area contributed by atoms with Gasteiger partial charge in [-0.15, -0.1) is 0 Å². The van der Waals surface area contributed by atoms with E-state index in [4.69, 9.17) is 0 Å². The highest BCUT2D eigenvalue weighted by atomic mass is 16.3. The molecule has 1 aliphatic carbocycles. The van der Waals surface area contributed by atoms with Gasteiger partial charge in [0.1, 0.15) is 11.2 Å². The Labute approximate surface area is 177 Å². The van der Waals surface area contributed by atoms with Crippen LogP contribution >= 0.6 is 0 Å². The van der Waals surface area contributed by atoms with Crippen LogP contribution in [0.25, 0.3) is 0 Å². The van der Waals surface area contributed by atoms with Crippen molar-refractivity contribution in [1.82, 2.24) is 0 Å². The zero-order valence-corrected chi connectivity index (χ0v) is 17.1. The smallest absolute Gasteiger partial charge is 0.141 e. The van der Waals surface area contributed by atoms with Gasteiger partial charge in [-0.2, -0.15) is 0 Å². The van der Waals surface area contributed by atoms with E-state index in [9.17, 15) is 10.2 Å². The van der Waals surface area contributed by atoms with E-state index >= 15 is 0 Å². The average molecular weight is 392 g/mol. The van der Waals surface area contributed by atoms with Crippen molar-refractivity contribution in [2.24, 2.45) is 0 Å². The zero-order valence-electron chi connectivity index (χ0n) is 17.1. The fourth-order valence-electron chi connectivity index (χ4n) is 4.80. The fourth-order valence-corrected chi connectivity index (χ4v) is 4.80. The Bertz CT molecular complexity index is 1130. The van der Waals surface area contributed by atoms with E-state index in [1.165, 1.54) is 0 Å². The zero-order chi connectivity index (χ0) is 20.9. The lowest BCUT2D eigenvalue weighted by Gasteiger charge is -2.45. The molecular formula is C28H24O2. The van der Waals surface area contributed by atoms with Crippen LogP contribution in [0.5, 0.6) is 0 Å². The molecule has 0 spiro atoms. The summed E-state index contributed by atoms with van der Waals surface area (Å²) in [7, 11) is 0. The van der Waals surface area contributed by atoms with Gasteiger partial charge in [-0.05, 0) is 58.4 Å². The van der Waals surface area contributed by atoms with Crippen LogP contribution in [0, 0.1) is 13.8 Å². The Morgan fingerprint density at radius 2 is 0.800 bits per heavy atom. The Kier molecular flexibility index (Phi) is 4.18. The van der Waals surface area contributed by atoms with E-state index in [2.05, 4.69) is 0 Å². The molecule has 148 valence electrons. The molecule has 0 saturated heterocycles. The standard InChI is InChI=1S/C28H24O2/c1-19-17-25-26(18-20(19)2)28(30,22-13-7-4-8-14-22)24-16-10-9-15-23(24)27(25,29)21-11-5-3-6-12-21/h3-18,29-30H,1-2H3/t27-,28+. The largest absolute Gasteiger partial charge is 0.376 e. The van der Waals surface area contributed by atoms with Crippen molar-refractivity contribution in [3.05, 3.63) is 142 Å². The van der Waals surface area contributed by atoms with Crippen LogP contribution in [0.15, 0.2) is 97.1 Å². The summed E-state index contributed by atoms with van der Waals surface area (Å²) in [6.45, 7) is 4.09. The SMILES string of the molecule is Cc1cc2c(cc1C)[C@](O)(c1ccccc1)c1ccccc1[C@]2(O)c1ccccc1. The first kappa shape index (κ1) is 18.8. The minimum absolute atomic E-state index is 0.707. The summed E-state index contributed by atoms with van der Waals surface area (Å²) in [4.78, 5) is 0. The molecule has 4 aromatic carbocycles. The number of benzene rings is 4. The van der Waals surface area contributed by atoms with Crippen molar-refractivity contribution in [2.45, 2.75) is 25.0 Å². The van der Waals surface area contributed by atoms with Crippen LogP contribution in [0.1, 0.15) is 44.5 Å². The molecule has 0 saturated carbocycles. The van der Waals surface area contributed by atoms with Gasteiger partial charge in [0.05, 0.1) is 0 Å². The van der Waals surface area contributed by atoms with E-state index in [-0.39, 0.29) is 0 Å². The van der Waals surface area contributed by atoms with Crippen LogP contribution in [-0.4, -0.2) is 10.2 Å². The van der Waals surface area contributed by atoms with E-state index in [1.54, 1.807) is 0 Å². The predicted molar refractivity (Wildman–Crippen MR) is 119 cm³/mol. The monoisotopic (exact) mass is 392 g/mol. The molecule has 2 nitrogen and oxygen atoms in total. The van der Waals surface area contributed by atoms with Crippen molar-refractivity contribution in [2.75, 3.05) is 0 Å².